The molecule has 2 aromatic carbocycles. The molecule has 0 bridgehead atoms. The van der Waals surface area contributed by atoms with Gasteiger partial charge in [-0.25, -0.2) is 0 Å². The van der Waals surface area contributed by atoms with Crippen molar-refractivity contribution in [2.24, 2.45) is 0 Å². The summed E-state index contributed by atoms with van der Waals surface area (Å²) in [6.07, 6.45) is 2.62. The smallest absolute Gasteiger partial charge is 0.234 e. The quantitative estimate of drug-likeness (QED) is 0.824. The highest BCUT2D eigenvalue weighted by Crippen LogP contribution is 2.38. The summed E-state index contributed by atoms with van der Waals surface area (Å²) in [7, 11) is 0. The first-order valence-corrected chi connectivity index (χ1v) is 8.16. The van der Waals surface area contributed by atoms with Crippen molar-refractivity contribution in [1.29, 1.82) is 0 Å². The number of carbonyl (C=O) groups is 1. The summed E-state index contributed by atoms with van der Waals surface area (Å²) in [5, 5.41) is 0. The number of nitrogen functional groups attached to an aromatic ring is 1. The molecular formula is C19H20N2O2. The Morgan fingerprint density at radius 3 is 2.96 bits per heavy atom. The minimum atomic E-state index is -0.132. The van der Waals surface area contributed by atoms with Crippen molar-refractivity contribution in [3.8, 4) is 5.75 Å². The maximum Gasteiger partial charge on any atom is 0.234 e. The number of hydrogen-bond acceptors (Lipinski definition) is 3. The molecule has 2 aromatic rings. The summed E-state index contributed by atoms with van der Waals surface area (Å²) in [6, 6.07) is 13.7. The van der Waals surface area contributed by atoms with Crippen LogP contribution in [0.5, 0.6) is 5.75 Å². The number of hydrogen-bond donors (Lipinski definition) is 1. The van der Waals surface area contributed by atoms with Crippen LogP contribution >= 0.6 is 0 Å². The molecule has 0 aliphatic carbocycles. The van der Waals surface area contributed by atoms with Gasteiger partial charge in [0.15, 0.2) is 0 Å². The third kappa shape index (κ3) is 2.34. The second kappa shape index (κ2) is 5.61. The highest BCUT2D eigenvalue weighted by molar-refractivity contribution is 6.00. The van der Waals surface area contributed by atoms with Crippen LogP contribution in [0, 0.1) is 0 Å². The highest BCUT2D eigenvalue weighted by Gasteiger charge is 2.33. The Kier molecular flexibility index (Phi) is 3.45. The Hall–Kier alpha value is -2.49. The number of anilines is 2. The molecule has 2 heterocycles. The molecule has 4 nitrogen and oxygen atoms in total. The number of nitrogens with zero attached hydrogens (tertiary/aromatic N) is 1. The van der Waals surface area contributed by atoms with Crippen LogP contribution < -0.4 is 15.4 Å². The molecule has 118 valence electrons. The van der Waals surface area contributed by atoms with Gasteiger partial charge in [-0.05, 0) is 43.0 Å². The Morgan fingerprint density at radius 1 is 1.17 bits per heavy atom. The largest absolute Gasteiger partial charge is 0.493 e. The number of carbonyl (C=O) groups excluding carboxylic acids is 1. The molecule has 0 spiro atoms. The van der Waals surface area contributed by atoms with Gasteiger partial charge in [0.1, 0.15) is 5.75 Å². The van der Waals surface area contributed by atoms with Gasteiger partial charge in [0, 0.05) is 23.5 Å². The first kappa shape index (κ1) is 14.1. The maximum atomic E-state index is 13.2. The lowest BCUT2D eigenvalue weighted by atomic mass is 9.90. The molecule has 4 heteroatoms. The minimum Gasteiger partial charge on any atom is -0.493 e. The summed E-state index contributed by atoms with van der Waals surface area (Å²) < 4.78 is 5.69. The molecule has 0 saturated heterocycles. The second-order valence-corrected chi connectivity index (χ2v) is 6.17. The fraction of sp³-hybridized carbons (Fsp3) is 0.316. The maximum absolute atomic E-state index is 13.2. The molecule has 23 heavy (non-hydrogen) atoms. The SMILES string of the molecule is Nc1cccc2c1CCCN2C(=O)C1CCOc2ccccc21. The molecule has 1 amide bonds. The number of amides is 1. The van der Waals surface area contributed by atoms with Gasteiger partial charge in [0.05, 0.1) is 12.5 Å². The Bertz CT molecular complexity index is 757. The standard InChI is InChI=1S/C19H20N2O2/c20-16-7-3-8-17-15(16)6-4-11-21(17)19(22)14-10-12-23-18-9-2-1-5-13(14)18/h1-3,5,7-9,14H,4,6,10-12,20H2. The molecular weight excluding hydrogens is 288 g/mol. The first-order chi connectivity index (χ1) is 11.3. The number of rotatable bonds is 1. The third-order valence-electron chi connectivity index (χ3n) is 4.81. The zero-order valence-electron chi connectivity index (χ0n) is 13.0. The van der Waals surface area contributed by atoms with Crippen molar-refractivity contribution < 1.29 is 9.53 Å². The first-order valence-electron chi connectivity index (χ1n) is 8.16. The molecule has 0 fully saturated rings. The van der Waals surface area contributed by atoms with Crippen LogP contribution in [0.3, 0.4) is 0 Å². The summed E-state index contributed by atoms with van der Waals surface area (Å²) >= 11 is 0. The molecule has 2 N–H and O–H groups in total. The molecule has 2 aliphatic heterocycles. The third-order valence-corrected chi connectivity index (χ3v) is 4.81. The van der Waals surface area contributed by atoms with E-state index in [4.69, 9.17) is 10.5 Å². The van der Waals surface area contributed by atoms with Crippen molar-refractivity contribution in [3.63, 3.8) is 0 Å². The van der Waals surface area contributed by atoms with Gasteiger partial charge in [-0.15, -0.1) is 0 Å². The molecule has 1 unspecified atom stereocenters. The van der Waals surface area contributed by atoms with Crippen LogP contribution in [0.4, 0.5) is 11.4 Å². The molecule has 4 rings (SSSR count). The summed E-state index contributed by atoms with van der Waals surface area (Å²) in [6.45, 7) is 1.35. The van der Waals surface area contributed by atoms with Crippen molar-refractivity contribution in [2.75, 3.05) is 23.8 Å². The van der Waals surface area contributed by atoms with E-state index in [1.54, 1.807) is 0 Å². The number of nitrogens with two attached hydrogens (primary N) is 1. The highest BCUT2D eigenvalue weighted by atomic mass is 16.5. The van der Waals surface area contributed by atoms with Crippen molar-refractivity contribution >= 4 is 17.3 Å². The normalized spacial score (nSPS) is 19.5. The Morgan fingerprint density at radius 2 is 2.04 bits per heavy atom. The summed E-state index contributed by atoms with van der Waals surface area (Å²) in [4.78, 5) is 15.1. The fourth-order valence-corrected chi connectivity index (χ4v) is 3.67. The zero-order valence-corrected chi connectivity index (χ0v) is 13.0. The van der Waals surface area contributed by atoms with Crippen LogP contribution in [0.1, 0.15) is 29.9 Å². The van der Waals surface area contributed by atoms with Crippen molar-refractivity contribution in [2.45, 2.75) is 25.2 Å². The predicted molar refractivity (Wildman–Crippen MR) is 90.8 cm³/mol. The van der Waals surface area contributed by atoms with E-state index in [1.807, 2.05) is 47.4 Å². The lowest BCUT2D eigenvalue weighted by Gasteiger charge is -2.34. The predicted octanol–water partition coefficient (Wildman–Crippen LogP) is 3.11. The van der Waals surface area contributed by atoms with Gasteiger partial charge in [-0.1, -0.05) is 24.3 Å². The van der Waals surface area contributed by atoms with E-state index in [0.29, 0.717) is 6.61 Å². The lowest BCUT2D eigenvalue weighted by molar-refractivity contribution is -0.120. The second-order valence-electron chi connectivity index (χ2n) is 6.17. The number of para-hydroxylation sites is 1. The van der Waals surface area contributed by atoms with Crippen LogP contribution in [-0.4, -0.2) is 19.1 Å². The van der Waals surface area contributed by atoms with E-state index >= 15 is 0 Å². The van der Waals surface area contributed by atoms with Crippen LogP contribution in [0.15, 0.2) is 42.5 Å². The van der Waals surface area contributed by atoms with Gasteiger partial charge >= 0.3 is 0 Å². The van der Waals surface area contributed by atoms with Gasteiger partial charge in [0.25, 0.3) is 0 Å². The van der Waals surface area contributed by atoms with Crippen molar-refractivity contribution in [3.05, 3.63) is 53.6 Å². The van der Waals surface area contributed by atoms with Gasteiger partial charge in [0.2, 0.25) is 5.91 Å². The van der Waals surface area contributed by atoms with Crippen LogP contribution in [0.25, 0.3) is 0 Å². The number of ether oxygens (including phenoxy) is 1. The van der Waals surface area contributed by atoms with E-state index in [0.717, 1.165) is 54.1 Å². The summed E-state index contributed by atoms with van der Waals surface area (Å²) in [5.74, 6) is 0.863. The van der Waals surface area contributed by atoms with Gasteiger partial charge in [-0.2, -0.15) is 0 Å². The molecule has 0 radical (unpaired) electrons. The van der Waals surface area contributed by atoms with Gasteiger partial charge < -0.3 is 15.4 Å². The molecule has 2 aliphatic rings. The zero-order chi connectivity index (χ0) is 15.8. The molecule has 1 atom stereocenters. The van der Waals surface area contributed by atoms with E-state index in [9.17, 15) is 4.79 Å². The average Bonchev–Trinajstić information content (AvgIpc) is 2.60. The lowest BCUT2D eigenvalue weighted by Crippen LogP contribution is -2.40. The van der Waals surface area contributed by atoms with Crippen molar-refractivity contribution in [1.82, 2.24) is 0 Å². The fourth-order valence-electron chi connectivity index (χ4n) is 3.67. The van der Waals surface area contributed by atoms with E-state index in [2.05, 4.69) is 0 Å². The topological polar surface area (TPSA) is 55.6 Å². The van der Waals surface area contributed by atoms with Crippen LogP contribution in [-0.2, 0) is 11.2 Å². The van der Waals surface area contributed by atoms with E-state index in [-0.39, 0.29) is 11.8 Å². The van der Waals surface area contributed by atoms with Gasteiger partial charge in [-0.3, -0.25) is 4.79 Å². The van der Waals surface area contributed by atoms with Crippen LogP contribution in [0.2, 0.25) is 0 Å². The molecule has 0 saturated carbocycles. The monoisotopic (exact) mass is 308 g/mol. The van der Waals surface area contributed by atoms with E-state index in [1.165, 1.54) is 0 Å². The van der Waals surface area contributed by atoms with E-state index < -0.39 is 0 Å². The Labute approximate surface area is 135 Å². The number of fused-ring (bicyclic) bond motifs is 2. The molecule has 0 aromatic heterocycles. The number of benzene rings is 2. The summed E-state index contributed by atoms with van der Waals surface area (Å²) in [5.41, 5.74) is 9.97. The Balaban J connectivity index is 1.71. The average molecular weight is 308 g/mol. The minimum absolute atomic E-state index is 0.132.